The lowest BCUT2D eigenvalue weighted by atomic mass is 10.1. The molecule has 0 saturated heterocycles. The van der Waals surface area contributed by atoms with E-state index in [2.05, 4.69) is 15.6 Å². The Balaban J connectivity index is 1.99. The van der Waals surface area contributed by atoms with Gasteiger partial charge in [-0.1, -0.05) is 12.1 Å². The number of rotatable bonds is 7. The van der Waals surface area contributed by atoms with Crippen molar-refractivity contribution in [2.75, 3.05) is 20.1 Å². The van der Waals surface area contributed by atoms with Gasteiger partial charge in [-0.25, -0.2) is 4.98 Å². The van der Waals surface area contributed by atoms with Crippen molar-refractivity contribution in [3.05, 3.63) is 40.9 Å². The van der Waals surface area contributed by atoms with Gasteiger partial charge in [-0.05, 0) is 32.1 Å². The Bertz CT molecular complexity index is 685. The van der Waals surface area contributed by atoms with Crippen LogP contribution < -0.4 is 10.6 Å². The normalized spacial score (nSPS) is 11.5. The standard InChI is InChI=1S/C16H18F3N3OS/c1-20-6-3-7-21-14(23)9-13-10-24-15(22-13)11-4-2-5-12(8-11)16(17,18)19/h2,4-5,8,10,20H,3,6-7,9H2,1H3,(H,21,23). The zero-order valence-corrected chi connectivity index (χ0v) is 13.9. The topological polar surface area (TPSA) is 54.0 Å². The van der Waals surface area contributed by atoms with Gasteiger partial charge in [0.05, 0.1) is 17.7 Å². The molecular formula is C16H18F3N3OS. The minimum Gasteiger partial charge on any atom is -0.356 e. The second kappa shape index (κ2) is 8.25. The van der Waals surface area contributed by atoms with Crippen LogP contribution in [-0.2, 0) is 17.4 Å². The Morgan fingerprint density at radius 2 is 2.08 bits per heavy atom. The predicted molar refractivity (Wildman–Crippen MR) is 87.8 cm³/mol. The molecule has 0 spiro atoms. The summed E-state index contributed by atoms with van der Waals surface area (Å²) < 4.78 is 38.3. The Labute approximate surface area is 142 Å². The highest BCUT2D eigenvalue weighted by Crippen LogP contribution is 2.33. The van der Waals surface area contributed by atoms with Crippen molar-refractivity contribution in [2.45, 2.75) is 19.0 Å². The first-order valence-electron chi connectivity index (χ1n) is 7.43. The van der Waals surface area contributed by atoms with Crippen LogP contribution in [-0.4, -0.2) is 31.0 Å². The average Bonchev–Trinajstić information content (AvgIpc) is 2.99. The van der Waals surface area contributed by atoms with E-state index in [0.717, 1.165) is 25.1 Å². The van der Waals surface area contributed by atoms with Gasteiger partial charge >= 0.3 is 6.18 Å². The average molecular weight is 357 g/mol. The second-order valence-electron chi connectivity index (χ2n) is 5.21. The number of benzene rings is 1. The molecule has 1 heterocycles. The zero-order valence-electron chi connectivity index (χ0n) is 13.1. The molecule has 0 radical (unpaired) electrons. The minimum atomic E-state index is -4.39. The second-order valence-corrected chi connectivity index (χ2v) is 6.06. The van der Waals surface area contributed by atoms with Crippen molar-refractivity contribution < 1.29 is 18.0 Å². The number of aromatic nitrogens is 1. The molecule has 2 N–H and O–H groups in total. The maximum absolute atomic E-state index is 12.8. The van der Waals surface area contributed by atoms with E-state index in [-0.39, 0.29) is 12.3 Å². The van der Waals surface area contributed by atoms with Crippen molar-refractivity contribution >= 4 is 17.2 Å². The number of nitrogens with one attached hydrogen (secondary N) is 2. The molecule has 0 saturated carbocycles. The molecule has 0 fully saturated rings. The highest BCUT2D eigenvalue weighted by molar-refractivity contribution is 7.13. The minimum absolute atomic E-state index is 0.120. The van der Waals surface area contributed by atoms with Gasteiger partial charge in [0.25, 0.3) is 0 Å². The van der Waals surface area contributed by atoms with E-state index in [1.807, 2.05) is 7.05 Å². The van der Waals surface area contributed by atoms with E-state index < -0.39 is 11.7 Å². The molecule has 0 unspecified atom stereocenters. The van der Waals surface area contributed by atoms with E-state index >= 15 is 0 Å². The van der Waals surface area contributed by atoms with Crippen LogP contribution in [0.1, 0.15) is 17.7 Å². The molecule has 130 valence electrons. The molecule has 24 heavy (non-hydrogen) atoms. The summed E-state index contributed by atoms with van der Waals surface area (Å²) in [5, 5.41) is 7.94. The molecule has 2 aromatic rings. The highest BCUT2D eigenvalue weighted by atomic mass is 32.1. The fraction of sp³-hybridized carbons (Fsp3) is 0.375. The predicted octanol–water partition coefficient (Wildman–Crippen LogP) is 3.10. The van der Waals surface area contributed by atoms with Crippen LogP contribution in [0.4, 0.5) is 13.2 Å². The lowest BCUT2D eigenvalue weighted by Gasteiger charge is -2.07. The van der Waals surface area contributed by atoms with Crippen LogP contribution in [0.5, 0.6) is 0 Å². The van der Waals surface area contributed by atoms with E-state index in [4.69, 9.17) is 0 Å². The Morgan fingerprint density at radius 3 is 2.79 bits per heavy atom. The van der Waals surface area contributed by atoms with Gasteiger partial charge in [-0.15, -0.1) is 11.3 Å². The van der Waals surface area contributed by atoms with Crippen molar-refractivity contribution in [1.29, 1.82) is 0 Å². The summed E-state index contributed by atoms with van der Waals surface area (Å²) in [5.41, 5.74) is 0.244. The number of carbonyl (C=O) groups excluding carboxylic acids is 1. The summed E-state index contributed by atoms with van der Waals surface area (Å²) in [5.74, 6) is -0.146. The number of alkyl halides is 3. The van der Waals surface area contributed by atoms with Crippen molar-refractivity contribution in [1.82, 2.24) is 15.6 Å². The number of nitrogens with zero attached hydrogens (tertiary/aromatic N) is 1. The van der Waals surface area contributed by atoms with Crippen LogP contribution >= 0.6 is 11.3 Å². The van der Waals surface area contributed by atoms with Crippen molar-refractivity contribution in [3.8, 4) is 10.6 Å². The monoisotopic (exact) mass is 357 g/mol. The lowest BCUT2D eigenvalue weighted by molar-refractivity contribution is -0.137. The Hall–Kier alpha value is -1.93. The van der Waals surface area contributed by atoms with Crippen LogP contribution in [0.2, 0.25) is 0 Å². The largest absolute Gasteiger partial charge is 0.416 e. The molecule has 0 atom stereocenters. The van der Waals surface area contributed by atoms with E-state index in [0.29, 0.717) is 22.8 Å². The Morgan fingerprint density at radius 1 is 1.29 bits per heavy atom. The summed E-state index contributed by atoms with van der Waals surface area (Å²) in [7, 11) is 1.84. The first-order valence-corrected chi connectivity index (χ1v) is 8.31. The summed E-state index contributed by atoms with van der Waals surface area (Å²) in [6.07, 6.45) is -3.44. The van der Waals surface area contributed by atoms with Gasteiger partial charge in [0.1, 0.15) is 5.01 Å². The van der Waals surface area contributed by atoms with E-state index in [9.17, 15) is 18.0 Å². The lowest BCUT2D eigenvalue weighted by Crippen LogP contribution is -2.28. The van der Waals surface area contributed by atoms with Crippen LogP contribution in [0.3, 0.4) is 0 Å². The number of halogens is 3. The molecule has 0 bridgehead atoms. The van der Waals surface area contributed by atoms with Gasteiger partial charge in [-0.3, -0.25) is 4.79 Å². The molecule has 1 aromatic heterocycles. The molecule has 8 heteroatoms. The third kappa shape index (κ3) is 5.31. The number of hydrogen-bond acceptors (Lipinski definition) is 4. The SMILES string of the molecule is CNCCCNC(=O)Cc1csc(-c2cccc(C(F)(F)F)c2)n1. The third-order valence-electron chi connectivity index (χ3n) is 3.26. The number of hydrogen-bond donors (Lipinski definition) is 2. The first kappa shape index (κ1) is 18.4. The van der Waals surface area contributed by atoms with Gasteiger partial charge in [0.2, 0.25) is 5.91 Å². The quantitative estimate of drug-likeness (QED) is 0.749. The number of thiazole rings is 1. The molecule has 0 aliphatic carbocycles. The van der Waals surface area contributed by atoms with Crippen LogP contribution in [0.25, 0.3) is 10.6 Å². The summed E-state index contributed by atoms with van der Waals surface area (Å²) in [6.45, 7) is 1.39. The molecular weight excluding hydrogens is 339 g/mol. The summed E-state index contributed by atoms with van der Waals surface area (Å²) in [4.78, 5) is 16.1. The van der Waals surface area contributed by atoms with Crippen molar-refractivity contribution in [2.24, 2.45) is 0 Å². The van der Waals surface area contributed by atoms with Gasteiger partial charge in [0, 0.05) is 17.5 Å². The molecule has 1 amide bonds. The van der Waals surface area contributed by atoms with Gasteiger partial charge < -0.3 is 10.6 Å². The summed E-state index contributed by atoms with van der Waals surface area (Å²) in [6, 6.07) is 5.03. The number of amides is 1. The van der Waals surface area contributed by atoms with Gasteiger partial charge in [-0.2, -0.15) is 13.2 Å². The molecule has 0 aliphatic heterocycles. The first-order chi connectivity index (χ1) is 11.4. The van der Waals surface area contributed by atoms with Crippen LogP contribution in [0.15, 0.2) is 29.6 Å². The fourth-order valence-corrected chi connectivity index (χ4v) is 2.89. The molecule has 0 aliphatic rings. The Kier molecular flexibility index (Phi) is 6.33. The maximum Gasteiger partial charge on any atom is 0.416 e. The molecule has 4 nitrogen and oxygen atoms in total. The van der Waals surface area contributed by atoms with E-state index in [1.165, 1.54) is 17.4 Å². The van der Waals surface area contributed by atoms with Gasteiger partial charge in [0.15, 0.2) is 0 Å². The summed E-state index contributed by atoms with van der Waals surface area (Å²) >= 11 is 1.23. The highest BCUT2D eigenvalue weighted by Gasteiger charge is 2.30. The van der Waals surface area contributed by atoms with Crippen molar-refractivity contribution in [3.63, 3.8) is 0 Å². The molecule has 2 rings (SSSR count). The number of carbonyl (C=O) groups is 1. The van der Waals surface area contributed by atoms with Crippen LogP contribution in [0, 0.1) is 0 Å². The smallest absolute Gasteiger partial charge is 0.356 e. The third-order valence-corrected chi connectivity index (χ3v) is 4.20. The zero-order chi connectivity index (χ0) is 17.6. The van der Waals surface area contributed by atoms with E-state index in [1.54, 1.807) is 11.4 Å². The molecule has 1 aromatic carbocycles. The fourth-order valence-electron chi connectivity index (χ4n) is 2.07. The maximum atomic E-state index is 12.8.